The molecule has 0 bridgehead atoms. The second kappa shape index (κ2) is 9.65. The van der Waals surface area contributed by atoms with Gasteiger partial charge in [0, 0.05) is 32.6 Å². The molecule has 0 aliphatic carbocycles. The summed E-state index contributed by atoms with van der Waals surface area (Å²) in [5, 5.41) is 0.826. The molecule has 1 fully saturated rings. The Labute approximate surface area is 165 Å². The number of carbonyl (C=O) groups excluding carboxylic acids is 1. The molecule has 2 aromatic rings. The fraction of sp³-hybridized carbons (Fsp3) is 0.579. The van der Waals surface area contributed by atoms with Crippen molar-refractivity contribution in [2.24, 2.45) is 0 Å². The number of morpholine rings is 1. The molecule has 3 rings (SSSR count). The summed E-state index contributed by atoms with van der Waals surface area (Å²) in [6.45, 7) is 11.3. The van der Waals surface area contributed by atoms with Gasteiger partial charge in [-0.3, -0.25) is 14.6 Å². The number of anilines is 1. The minimum atomic E-state index is 0. The first-order valence-electron chi connectivity index (χ1n) is 9.06. The maximum atomic E-state index is 12.7. The Morgan fingerprint density at radius 3 is 2.65 bits per heavy atom. The third-order valence-electron chi connectivity index (χ3n) is 4.73. The molecule has 2 heterocycles. The number of carbonyl (C=O) groups is 1. The first kappa shape index (κ1) is 21.1. The van der Waals surface area contributed by atoms with Crippen LogP contribution in [0.15, 0.2) is 12.1 Å². The molecule has 1 aromatic heterocycles. The quantitative estimate of drug-likeness (QED) is 0.708. The van der Waals surface area contributed by atoms with Crippen LogP contribution in [0.5, 0.6) is 0 Å². The van der Waals surface area contributed by atoms with Crippen LogP contribution in [0.2, 0.25) is 0 Å². The van der Waals surface area contributed by atoms with Gasteiger partial charge >= 0.3 is 0 Å². The lowest BCUT2D eigenvalue weighted by molar-refractivity contribution is -0.118. The molecule has 0 radical (unpaired) electrons. The van der Waals surface area contributed by atoms with Crippen LogP contribution in [0.1, 0.15) is 30.9 Å². The van der Waals surface area contributed by atoms with Gasteiger partial charge in [0.1, 0.15) is 0 Å². The molecule has 0 atom stereocenters. The van der Waals surface area contributed by atoms with E-state index in [-0.39, 0.29) is 18.3 Å². The van der Waals surface area contributed by atoms with Gasteiger partial charge < -0.3 is 17.1 Å². The highest BCUT2D eigenvalue weighted by atomic mass is 35.5. The fourth-order valence-electron chi connectivity index (χ4n) is 3.03. The van der Waals surface area contributed by atoms with Gasteiger partial charge in [0.2, 0.25) is 5.91 Å². The number of benzene rings is 1. The summed E-state index contributed by atoms with van der Waals surface area (Å²) in [6.07, 6.45) is 1.42. The number of hydrogen-bond donors (Lipinski definition) is 0. The Hall–Kier alpha value is -1.21. The van der Waals surface area contributed by atoms with E-state index in [0.29, 0.717) is 13.0 Å². The third-order valence-corrected chi connectivity index (χ3v) is 5.77. The summed E-state index contributed by atoms with van der Waals surface area (Å²) in [5.41, 5.74) is 3.50. The summed E-state index contributed by atoms with van der Waals surface area (Å²) in [4.78, 5) is 21.7. The van der Waals surface area contributed by atoms with Gasteiger partial charge in [-0.05, 0) is 43.5 Å². The van der Waals surface area contributed by atoms with Gasteiger partial charge in [-0.25, -0.2) is 4.98 Å². The Morgan fingerprint density at radius 1 is 1.27 bits per heavy atom. The van der Waals surface area contributed by atoms with Crippen LogP contribution in [-0.4, -0.2) is 55.2 Å². The van der Waals surface area contributed by atoms with Crippen molar-refractivity contribution in [3.05, 3.63) is 23.3 Å². The topological polar surface area (TPSA) is 45.7 Å². The zero-order chi connectivity index (χ0) is 17.8. The van der Waals surface area contributed by atoms with E-state index in [1.165, 1.54) is 11.1 Å². The molecule has 1 aromatic carbocycles. The molecule has 1 aliphatic heterocycles. The van der Waals surface area contributed by atoms with E-state index in [0.717, 1.165) is 54.6 Å². The van der Waals surface area contributed by atoms with Crippen LogP contribution < -0.4 is 17.3 Å². The zero-order valence-corrected chi connectivity index (χ0v) is 17.3. The average molecular weight is 397 g/mol. The van der Waals surface area contributed by atoms with Crippen molar-refractivity contribution in [3.8, 4) is 0 Å². The van der Waals surface area contributed by atoms with Gasteiger partial charge in [0.15, 0.2) is 5.13 Å². The molecule has 5 nitrogen and oxygen atoms in total. The lowest BCUT2D eigenvalue weighted by atomic mass is 10.1. The van der Waals surface area contributed by atoms with E-state index in [4.69, 9.17) is 9.72 Å². The summed E-state index contributed by atoms with van der Waals surface area (Å²) >= 11 is 1.62. The van der Waals surface area contributed by atoms with Crippen LogP contribution >= 0.6 is 11.3 Å². The standard InChI is InChI=1S/C19H27N3O2S.ClH/c1-4-5-18(23)22(7-6-21-8-10-24-11-9-21)19-20-16-12-14(2)15(3)13-17(16)25-19;/h12-13H,4-11H2,1-3H3;1H/p-1. The first-order chi connectivity index (χ1) is 12.1. The number of thiazole rings is 1. The van der Waals surface area contributed by atoms with Gasteiger partial charge in [0.05, 0.1) is 23.4 Å². The molecule has 26 heavy (non-hydrogen) atoms. The third kappa shape index (κ3) is 4.94. The maximum Gasteiger partial charge on any atom is 0.228 e. The van der Waals surface area contributed by atoms with Crippen molar-refractivity contribution in [2.45, 2.75) is 33.6 Å². The van der Waals surface area contributed by atoms with Crippen molar-refractivity contribution in [3.63, 3.8) is 0 Å². The van der Waals surface area contributed by atoms with Crippen molar-refractivity contribution in [1.29, 1.82) is 0 Å². The monoisotopic (exact) mass is 396 g/mol. The SMILES string of the molecule is CCCC(=O)N(CCN1CCOCC1)c1nc2cc(C)c(C)cc2s1.[Cl-]. The van der Waals surface area contributed by atoms with Gasteiger partial charge in [-0.1, -0.05) is 18.3 Å². The predicted octanol–water partition coefficient (Wildman–Crippen LogP) is 0.382. The smallest absolute Gasteiger partial charge is 0.228 e. The van der Waals surface area contributed by atoms with Crippen LogP contribution in [-0.2, 0) is 9.53 Å². The first-order valence-corrected chi connectivity index (χ1v) is 9.88. The van der Waals surface area contributed by atoms with Crippen LogP contribution in [0, 0.1) is 13.8 Å². The zero-order valence-electron chi connectivity index (χ0n) is 15.8. The summed E-state index contributed by atoms with van der Waals surface area (Å²) < 4.78 is 6.56. The normalized spacial score (nSPS) is 15.0. The molecule has 0 spiro atoms. The number of aromatic nitrogens is 1. The molecule has 0 saturated carbocycles. The van der Waals surface area contributed by atoms with Crippen molar-refractivity contribution in [1.82, 2.24) is 9.88 Å². The highest BCUT2D eigenvalue weighted by molar-refractivity contribution is 7.22. The van der Waals surface area contributed by atoms with Crippen LogP contribution in [0.3, 0.4) is 0 Å². The number of halogens is 1. The summed E-state index contributed by atoms with van der Waals surface area (Å²) in [6, 6.07) is 4.30. The fourth-order valence-corrected chi connectivity index (χ4v) is 4.11. The molecule has 1 amide bonds. The van der Waals surface area contributed by atoms with E-state index in [1.807, 2.05) is 11.8 Å². The van der Waals surface area contributed by atoms with Gasteiger partial charge in [-0.2, -0.15) is 0 Å². The summed E-state index contributed by atoms with van der Waals surface area (Å²) in [5.74, 6) is 0.170. The highest BCUT2D eigenvalue weighted by Gasteiger charge is 2.21. The molecule has 1 aliphatic rings. The van der Waals surface area contributed by atoms with E-state index in [1.54, 1.807) is 11.3 Å². The second-order valence-electron chi connectivity index (χ2n) is 6.65. The maximum absolute atomic E-state index is 12.7. The summed E-state index contributed by atoms with van der Waals surface area (Å²) in [7, 11) is 0. The van der Waals surface area contributed by atoms with E-state index in [9.17, 15) is 4.79 Å². The molecule has 0 unspecified atom stereocenters. The van der Waals surface area contributed by atoms with E-state index in [2.05, 4.69) is 30.9 Å². The number of aryl methyl sites for hydroxylation is 2. The van der Waals surface area contributed by atoms with Crippen LogP contribution in [0.25, 0.3) is 10.2 Å². The Bertz CT molecular complexity index is 705. The number of ether oxygens (including phenoxy) is 1. The van der Waals surface area contributed by atoms with Gasteiger partial charge in [0.25, 0.3) is 0 Å². The molecule has 144 valence electrons. The molecule has 1 saturated heterocycles. The number of fused-ring (bicyclic) bond motifs is 1. The second-order valence-corrected chi connectivity index (χ2v) is 7.66. The molecule has 0 N–H and O–H groups in total. The van der Waals surface area contributed by atoms with Crippen molar-refractivity contribution >= 4 is 32.6 Å². The number of hydrogen-bond acceptors (Lipinski definition) is 5. The Morgan fingerprint density at radius 2 is 1.96 bits per heavy atom. The lowest BCUT2D eigenvalue weighted by Gasteiger charge is -2.29. The minimum Gasteiger partial charge on any atom is -1.00 e. The van der Waals surface area contributed by atoms with Gasteiger partial charge in [-0.15, -0.1) is 0 Å². The number of amides is 1. The lowest BCUT2D eigenvalue weighted by Crippen LogP contribution is -3.00. The van der Waals surface area contributed by atoms with Crippen molar-refractivity contribution in [2.75, 3.05) is 44.3 Å². The minimum absolute atomic E-state index is 0. The highest BCUT2D eigenvalue weighted by Crippen LogP contribution is 2.31. The number of rotatable bonds is 6. The average Bonchev–Trinajstić information content (AvgIpc) is 2.99. The van der Waals surface area contributed by atoms with E-state index < -0.39 is 0 Å². The van der Waals surface area contributed by atoms with E-state index >= 15 is 0 Å². The molecular weight excluding hydrogens is 370 g/mol. The largest absolute Gasteiger partial charge is 1.00 e. The Balaban J connectivity index is 0.00000243. The van der Waals surface area contributed by atoms with Crippen LogP contribution in [0.4, 0.5) is 5.13 Å². The van der Waals surface area contributed by atoms with Crippen molar-refractivity contribution < 1.29 is 21.9 Å². The Kier molecular flexibility index (Phi) is 7.83. The molecular formula is C19H27ClN3O2S-. The number of nitrogens with zero attached hydrogens (tertiary/aromatic N) is 3. The molecule has 7 heteroatoms. The predicted molar refractivity (Wildman–Crippen MR) is 104 cm³/mol.